The molecule has 0 saturated carbocycles. The lowest BCUT2D eigenvalue weighted by Crippen LogP contribution is -2.39. The van der Waals surface area contributed by atoms with Crippen LogP contribution in [0.1, 0.15) is 12.5 Å². The van der Waals surface area contributed by atoms with Crippen LogP contribution in [0.25, 0.3) is 0 Å². The van der Waals surface area contributed by atoms with E-state index in [9.17, 15) is 0 Å². The molecular formula is C15H26IN3OS. The van der Waals surface area contributed by atoms with Gasteiger partial charge in [0.1, 0.15) is 5.75 Å². The maximum Gasteiger partial charge on any atom is 0.193 e. The zero-order valence-electron chi connectivity index (χ0n) is 13.3. The Balaban J connectivity index is 0.00000400. The van der Waals surface area contributed by atoms with Crippen molar-refractivity contribution < 1.29 is 4.74 Å². The largest absolute Gasteiger partial charge is 0.494 e. The number of guanidine groups is 1. The quantitative estimate of drug-likeness (QED) is 0.317. The Hall–Kier alpha value is -0.630. The molecule has 0 spiro atoms. The standard InChI is InChI=1S/C15H25N3OS.HI/c1-5-19-14-8-6-13(7-9-14)12-18(3)15(16-2)17-10-11-20-4;/h6-9H,5,10-12H2,1-4H3,(H,16,17);1H. The number of nitrogens with one attached hydrogen (secondary N) is 1. The molecule has 21 heavy (non-hydrogen) atoms. The maximum atomic E-state index is 5.45. The number of nitrogens with zero attached hydrogens (tertiary/aromatic N) is 2. The van der Waals surface area contributed by atoms with E-state index in [-0.39, 0.29) is 24.0 Å². The summed E-state index contributed by atoms with van der Waals surface area (Å²) >= 11 is 1.83. The van der Waals surface area contributed by atoms with Crippen molar-refractivity contribution in [3.8, 4) is 5.75 Å². The van der Waals surface area contributed by atoms with Gasteiger partial charge in [-0.2, -0.15) is 11.8 Å². The number of halogens is 1. The van der Waals surface area contributed by atoms with Gasteiger partial charge in [0.15, 0.2) is 5.96 Å². The van der Waals surface area contributed by atoms with Gasteiger partial charge in [-0.05, 0) is 30.9 Å². The molecule has 0 amide bonds. The summed E-state index contributed by atoms with van der Waals surface area (Å²) in [4.78, 5) is 6.42. The van der Waals surface area contributed by atoms with Crippen LogP contribution in [-0.4, -0.2) is 50.1 Å². The molecule has 0 bridgehead atoms. The second-order valence-corrected chi connectivity index (χ2v) is 5.39. The minimum atomic E-state index is 0. The van der Waals surface area contributed by atoms with Gasteiger partial charge in [-0.15, -0.1) is 24.0 Å². The van der Waals surface area contributed by atoms with Crippen LogP contribution in [0.5, 0.6) is 5.75 Å². The van der Waals surface area contributed by atoms with Crippen LogP contribution in [0.4, 0.5) is 0 Å². The molecule has 0 heterocycles. The van der Waals surface area contributed by atoms with Gasteiger partial charge in [-0.3, -0.25) is 4.99 Å². The summed E-state index contributed by atoms with van der Waals surface area (Å²) in [6.45, 7) is 4.45. The summed E-state index contributed by atoms with van der Waals surface area (Å²) < 4.78 is 5.45. The molecular weight excluding hydrogens is 397 g/mol. The second-order valence-electron chi connectivity index (χ2n) is 4.40. The topological polar surface area (TPSA) is 36.9 Å². The monoisotopic (exact) mass is 423 g/mol. The maximum absolute atomic E-state index is 5.45. The molecule has 1 aromatic rings. The molecule has 1 aromatic carbocycles. The predicted octanol–water partition coefficient (Wildman–Crippen LogP) is 3.07. The molecule has 0 aliphatic heterocycles. The van der Waals surface area contributed by atoms with Crippen LogP contribution in [0.15, 0.2) is 29.3 Å². The molecule has 4 nitrogen and oxygen atoms in total. The predicted molar refractivity (Wildman–Crippen MR) is 104 cm³/mol. The van der Waals surface area contributed by atoms with Crippen molar-refractivity contribution in [3.05, 3.63) is 29.8 Å². The average Bonchev–Trinajstić information content (AvgIpc) is 2.46. The van der Waals surface area contributed by atoms with Crippen molar-refractivity contribution in [3.63, 3.8) is 0 Å². The lowest BCUT2D eigenvalue weighted by molar-refractivity contribution is 0.340. The fourth-order valence-corrected chi connectivity index (χ4v) is 2.16. The highest BCUT2D eigenvalue weighted by atomic mass is 127. The number of hydrogen-bond acceptors (Lipinski definition) is 3. The fraction of sp³-hybridized carbons (Fsp3) is 0.533. The minimum Gasteiger partial charge on any atom is -0.494 e. The van der Waals surface area contributed by atoms with Crippen LogP contribution in [-0.2, 0) is 6.54 Å². The number of hydrogen-bond donors (Lipinski definition) is 1. The van der Waals surface area contributed by atoms with E-state index < -0.39 is 0 Å². The number of benzene rings is 1. The van der Waals surface area contributed by atoms with E-state index >= 15 is 0 Å². The molecule has 0 radical (unpaired) electrons. The average molecular weight is 423 g/mol. The van der Waals surface area contributed by atoms with Crippen molar-refractivity contribution in [1.82, 2.24) is 10.2 Å². The van der Waals surface area contributed by atoms with Gasteiger partial charge in [-0.1, -0.05) is 12.1 Å². The van der Waals surface area contributed by atoms with Gasteiger partial charge in [0.2, 0.25) is 0 Å². The van der Waals surface area contributed by atoms with Crippen molar-refractivity contribution in [2.45, 2.75) is 13.5 Å². The molecule has 6 heteroatoms. The molecule has 0 aliphatic rings. The van der Waals surface area contributed by atoms with Crippen molar-refractivity contribution in [2.75, 3.05) is 39.3 Å². The zero-order valence-corrected chi connectivity index (χ0v) is 16.4. The minimum absolute atomic E-state index is 0. The molecule has 0 unspecified atom stereocenters. The Morgan fingerprint density at radius 3 is 2.52 bits per heavy atom. The Morgan fingerprint density at radius 2 is 2.00 bits per heavy atom. The number of aliphatic imine (C=N–C) groups is 1. The first-order chi connectivity index (χ1) is 9.71. The summed E-state index contributed by atoms with van der Waals surface area (Å²) in [5.41, 5.74) is 1.24. The van der Waals surface area contributed by atoms with E-state index in [1.54, 1.807) is 0 Å². The second kappa shape index (κ2) is 12.0. The van der Waals surface area contributed by atoms with E-state index in [4.69, 9.17) is 4.74 Å². The zero-order chi connectivity index (χ0) is 14.8. The van der Waals surface area contributed by atoms with Gasteiger partial charge >= 0.3 is 0 Å². The molecule has 1 rings (SSSR count). The van der Waals surface area contributed by atoms with Crippen molar-refractivity contribution in [2.24, 2.45) is 4.99 Å². The summed E-state index contributed by atoms with van der Waals surface area (Å²) in [6.07, 6.45) is 2.11. The van der Waals surface area contributed by atoms with E-state index in [1.165, 1.54) is 5.56 Å². The molecule has 0 aliphatic carbocycles. The third-order valence-corrected chi connectivity index (χ3v) is 3.43. The summed E-state index contributed by atoms with van der Waals surface area (Å²) in [5, 5.41) is 3.35. The van der Waals surface area contributed by atoms with Crippen LogP contribution < -0.4 is 10.1 Å². The molecule has 120 valence electrons. The van der Waals surface area contributed by atoms with Crippen LogP contribution in [0.3, 0.4) is 0 Å². The lowest BCUT2D eigenvalue weighted by Gasteiger charge is -2.22. The first-order valence-electron chi connectivity index (χ1n) is 6.83. The SMILES string of the molecule is CCOc1ccc(CN(C)C(=NC)NCCSC)cc1.I. The Bertz CT molecular complexity index is 412. The van der Waals surface area contributed by atoms with Crippen LogP contribution in [0.2, 0.25) is 0 Å². The van der Waals surface area contributed by atoms with Gasteiger partial charge in [0.25, 0.3) is 0 Å². The van der Waals surface area contributed by atoms with E-state index in [1.807, 2.05) is 44.9 Å². The van der Waals surface area contributed by atoms with Crippen LogP contribution >= 0.6 is 35.7 Å². The van der Waals surface area contributed by atoms with Gasteiger partial charge in [0.05, 0.1) is 6.61 Å². The lowest BCUT2D eigenvalue weighted by atomic mass is 10.2. The highest BCUT2D eigenvalue weighted by Gasteiger charge is 2.06. The third-order valence-electron chi connectivity index (χ3n) is 2.82. The summed E-state index contributed by atoms with van der Waals surface area (Å²) in [7, 11) is 3.86. The Morgan fingerprint density at radius 1 is 1.33 bits per heavy atom. The highest BCUT2D eigenvalue weighted by molar-refractivity contribution is 14.0. The number of thioether (sulfide) groups is 1. The molecule has 0 saturated heterocycles. The van der Waals surface area contributed by atoms with Crippen molar-refractivity contribution >= 4 is 41.7 Å². The Labute approximate surface area is 149 Å². The smallest absolute Gasteiger partial charge is 0.193 e. The first kappa shape index (κ1) is 20.4. The summed E-state index contributed by atoms with van der Waals surface area (Å²) in [6, 6.07) is 8.21. The van der Waals surface area contributed by atoms with Gasteiger partial charge in [-0.25, -0.2) is 0 Å². The van der Waals surface area contributed by atoms with Gasteiger partial charge < -0.3 is 15.0 Å². The molecule has 0 aromatic heterocycles. The molecule has 1 N–H and O–H groups in total. The summed E-state index contributed by atoms with van der Waals surface area (Å²) in [5.74, 6) is 2.92. The van der Waals surface area contributed by atoms with Gasteiger partial charge in [0, 0.05) is 32.9 Å². The third kappa shape index (κ3) is 7.80. The Kier molecular flexibility index (Phi) is 11.6. The number of rotatable bonds is 7. The highest BCUT2D eigenvalue weighted by Crippen LogP contribution is 2.13. The van der Waals surface area contributed by atoms with E-state index in [2.05, 4.69) is 33.6 Å². The van der Waals surface area contributed by atoms with Crippen molar-refractivity contribution in [1.29, 1.82) is 0 Å². The van der Waals surface area contributed by atoms with E-state index in [0.717, 1.165) is 30.6 Å². The fourth-order valence-electron chi connectivity index (χ4n) is 1.86. The first-order valence-corrected chi connectivity index (χ1v) is 8.23. The molecule has 0 fully saturated rings. The normalized spacial score (nSPS) is 10.8. The molecule has 0 atom stereocenters. The number of ether oxygens (including phenoxy) is 1. The van der Waals surface area contributed by atoms with E-state index in [0.29, 0.717) is 6.61 Å². The van der Waals surface area contributed by atoms with Crippen LogP contribution in [0, 0.1) is 0 Å².